The van der Waals surface area contributed by atoms with E-state index in [-0.39, 0.29) is 16.6 Å². The van der Waals surface area contributed by atoms with Gasteiger partial charge in [-0.15, -0.1) is 0 Å². The van der Waals surface area contributed by atoms with E-state index in [4.69, 9.17) is 0 Å². The minimum Gasteiger partial charge on any atom is -0.331 e. The maximum Gasteiger partial charge on any atom is 0.278 e. The van der Waals surface area contributed by atoms with Crippen LogP contribution < -0.4 is 10.0 Å². The zero-order chi connectivity index (χ0) is 19.4. The Balaban J connectivity index is 1.77. The molecule has 0 aliphatic heterocycles. The van der Waals surface area contributed by atoms with Gasteiger partial charge in [0.2, 0.25) is 0 Å². The molecule has 3 N–H and O–H groups in total. The predicted molar refractivity (Wildman–Crippen MR) is 102 cm³/mol. The number of carbonyl (C=O) groups excluding carboxylic acids is 1. The van der Waals surface area contributed by atoms with E-state index in [9.17, 15) is 13.2 Å². The number of hydrogen-bond acceptors (Lipinski definition) is 5. The lowest BCUT2D eigenvalue weighted by atomic mass is 10.2. The summed E-state index contributed by atoms with van der Waals surface area (Å²) in [5.41, 5.74) is 0.567. The highest BCUT2D eigenvalue weighted by atomic mass is 32.2. The minimum absolute atomic E-state index is 0.0328. The van der Waals surface area contributed by atoms with Gasteiger partial charge >= 0.3 is 0 Å². The van der Waals surface area contributed by atoms with E-state index in [1.54, 1.807) is 42.6 Å². The normalized spacial score (nSPS) is 11.4. The van der Waals surface area contributed by atoms with E-state index >= 15 is 0 Å². The van der Waals surface area contributed by atoms with Crippen LogP contribution in [0.5, 0.6) is 0 Å². The van der Waals surface area contributed by atoms with E-state index in [1.165, 1.54) is 12.3 Å². The number of aromatic amines is 1. The van der Waals surface area contributed by atoms with Crippen molar-refractivity contribution in [2.75, 3.05) is 10.0 Å². The Bertz CT molecular complexity index is 1050. The second-order valence-corrected chi connectivity index (χ2v) is 7.79. The van der Waals surface area contributed by atoms with Gasteiger partial charge in [-0.05, 0) is 30.3 Å². The molecule has 0 radical (unpaired) electrons. The molecule has 8 nitrogen and oxygen atoms in total. The van der Waals surface area contributed by atoms with Crippen LogP contribution in [-0.4, -0.2) is 29.3 Å². The van der Waals surface area contributed by atoms with E-state index in [1.807, 2.05) is 13.8 Å². The lowest BCUT2D eigenvalue weighted by Gasteiger charge is -2.09. The third kappa shape index (κ3) is 4.50. The van der Waals surface area contributed by atoms with Gasteiger partial charge < -0.3 is 10.3 Å². The number of nitrogens with zero attached hydrogens (tertiary/aromatic N) is 2. The highest BCUT2D eigenvalue weighted by Gasteiger charge is 2.19. The van der Waals surface area contributed by atoms with Crippen LogP contribution in [0, 0.1) is 0 Å². The molecular formula is C18H19N5O3S. The molecule has 0 fully saturated rings. The van der Waals surface area contributed by atoms with Crippen LogP contribution in [0.3, 0.4) is 0 Å². The molecule has 1 aromatic carbocycles. The highest BCUT2D eigenvalue weighted by Crippen LogP contribution is 2.18. The van der Waals surface area contributed by atoms with E-state index in [0.29, 0.717) is 17.2 Å². The molecule has 1 amide bonds. The number of benzene rings is 1. The van der Waals surface area contributed by atoms with Gasteiger partial charge in [-0.3, -0.25) is 9.52 Å². The third-order valence-electron chi connectivity index (χ3n) is 3.69. The molecule has 0 unspecified atom stereocenters. The summed E-state index contributed by atoms with van der Waals surface area (Å²) in [5.74, 6) is 0.678. The van der Waals surface area contributed by atoms with Crippen molar-refractivity contribution in [2.45, 2.75) is 24.8 Å². The number of imidazole rings is 1. The lowest BCUT2D eigenvalue weighted by molar-refractivity contribution is 0.102. The Morgan fingerprint density at radius 1 is 1.11 bits per heavy atom. The van der Waals surface area contributed by atoms with Gasteiger partial charge in [0.25, 0.3) is 15.9 Å². The van der Waals surface area contributed by atoms with Gasteiger partial charge in [0, 0.05) is 23.4 Å². The number of carbonyl (C=O) groups is 1. The van der Waals surface area contributed by atoms with Crippen molar-refractivity contribution in [2.24, 2.45) is 0 Å². The SMILES string of the molecule is CC(C)c1ncc(S(=O)(=O)Nc2cccc(C(=O)Nc3ccccn3)c2)[nH]1. The van der Waals surface area contributed by atoms with Crippen LogP contribution in [0.1, 0.15) is 35.9 Å². The molecule has 3 rings (SSSR count). The standard InChI is InChI=1S/C18H19N5O3S/c1-12(2)17-20-11-16(22-17)27(25,26)23-14-7-5-6-13(10-14)18(24)21-15-8-3-4-9-19-15/h3-12,23H,1-2H3,(H,20,22)(H,19,21,24). The summed E-state index contributed by atoms with van der Waals surface area (Å²) in [6, 6.07) is 11.4. The number of amides is 1. The highest BCUT2D eigenvalue weighted by molar-refractivity contribution is 7.92. The molecule has 0 saturated carbocycles. The molecule has 2 aromatic heterocycles. The first kappa shape index (κ1) is 18.6. The molecule has 9 heteroatoms. The third-order valence-corrected chi connectivity index (χ3v) is 4.98. The van der Waals surface area contributed by atoms with Crippen molar-refractivity contribution in [3.05, 3.63) is 66.2 Å². The topological polar surface area (TPSA) is 117 Å². The van der Waals surface area contributed by atoms with Crippen LogP contribution >= 0.6 is 0 Å². The molecule has 0 aliphatic carbocycles. The van der Waals surface area contributed by atoms with Crippen LogP contribution in [0.15, 0.2) is 59.9 Å². The number of pyridine rings is 1. The Hall–Kier alpha value is -3.20. The van der Waals surface area contributed by atoms with Gasteiger partial charge in [0.15, 0.2) is 5.03 Å². The van der Waals surface area contributed by atoms with E-state index in [2.05, 4.69) is 25.0 Å². The van der Waals surface area contributed by atoms with Gasteiger partial charge in [-0.2, -0.15) is 8.42 Å². The molecule has 0 aliphatic rings. The van der Waals surface area contributed by atoms with E-state index < -0.39 is 15.9 Å². The smallest absolute Gasteiger partial charge is 0.278 e. The monoisotopic (exact) mass is 385 g/mol. The summed E-state index contributed by atoms with van der Waals surface area (Å²) in [6.07, 6.45) is 2.84. The summed E-state index contributed by atoms with van der Waals surface area (Å²) in [5, 5.41) is 2.62. The van der Waals surface area contributed by atoms with Crippen molar-refractivity contribution in [1.29, 1.82) is 0 Å². The molecular weight excluding hydrogens is 366 g/mol. The Labute approximate surface area is 157 Å². The molecule has 27 heavy (non-hydrogen) atoms. The number of rotatable bonds is 6. The second-order valence-electron chi connectivity index (χ2n) is 6.14. The van der Waals surface area contributed by atoms with Crippen molar-refractivity contribution < 1.29 is 13.2 Å². The zero-order valence-corrected chi connectivity index (χ0v) is 15.6. The van der Waals surface area contributed by atoms with E-state index in [0.717, 1.165) is 0 Å². The summed E-state index contributed by atoms with van der Waals surface area (Å²) >= 11 is 0. The first-order valence-electron chi connectivity index (χ1n) is 8.25. The summed E-state index contributed by atoms with van der Waals surface area (Å²) in [4.78, 5) is 23.2. The zero-order valence-electron chi connectivity index (χ0n) is 14.8. The molecule has 2 heterocycles. The maximum atomic E-state index is 12.5. The quantitative estimate of drug-likeness (QED) is 0.603. The fraction of sp³-hybridized carbons (Fsp3) is 0.167. The molecule has 0 bridgehead atoms. The summed E-state index contributed by atoms with van der Waals surface area (Å²) in [7, 11) is -3.84. The van der Waals surface area contributed by atoms with Gasteiger partial charge in [-0.1, -0.05) is 26.0 Å². The van der Waals surface area contributed by atoms with Gasteiger partial charge in [-0.25, -0.2) is 9.97 Å². The number of anilines is 2. The van der Waals surface area contributed by atoms with Crippen molar-refractivity contribution >= 4 is 27.4 Å². The minimum atomic E-state index is -3.84. The van der Waals surface area contributed by atoms with Crippen molar-refractivity contribution in [1.82, 2.24) is 15.0 Å². The fourth-order valence-electron chi connectivity index (χ4n) is 2.31. The average Bonchev–Trinajstić information content (AvgIpc) is 3.14. The molecule has 3 aromatic rings. The molecule has 0 saturated heterocycles. The van der Waals surface area contributed by atoms with Crippen LogP contribution in [-0.2, 0) is 10.0 Å². The number of nitrogens with one attached hydrogen (secondary N) is 3. The molecule has 0 atom stereocenters. The average molecular weight is 385 g/mol. The first-order valence-corrected chi connectivity index (χ1v) is 9.73. The Morgan fingerprint density at radius 2 is 1.93 bits per heavy atom. The first-order chi connectivity index (χ1) is 12.8. The number of H-pyrrole nitrogens is 1. The van der Waals surface area contributed by atoms with Crippen LogP contribution in [0.2, 0.25) is 0 Å². The lowest BCUT2D eigenvalue weighted by Crippen LogP contribution is -2.16. The molecule has 0 spiro atoms. The Morgan fingerprint density at radius 3 is 2.59 bits per heavy atom. The second kappa shape index (κ2) is 7.58. The number of hydrogen-bond donors (Lipinski definition) is 3. The van der Waals surface area contributed by atoms with Crippen molar-refractivity contribution in [3.8, 4) is 0 Å². The van der Waals surface area contributed by atoms with Crippen LogP contribution in [0.4, 0.5) is 11.5 Å². The predicted octanol–water partition coefficient (Wildman–Crippen LogP) is 2.98. The molecule has 140 valence electrons. The summed E-state index contributed by atoms with van der Waals surface area (Å²) < 4.78 is 27.5. The Kier molecular flexibility index (Phi) is 5.22. The van der Waals surface area contributed by atoms with Gasteiger partial charge in [0.1, 0.15) is 11.6 Å². The maximum absolute atomic E-state index is 12.5. The van der Waals surface area contributed by atoms with Crippen LogP contribution in [0.25, 0.3) is 0 Å². The number of sulfonamides is 1. The van der Waals surface area contributed by atoms with Gasteiger partial charge in [0.05, 0.1) is 6.20 Å². The number of aromatic nitrogens is 3. The van der Waals surface area contributed by atoms with Crippen molar-refractivity contribution in [3.63, 3.8) is 0 Å². The fourth-order valence-corrected chi connectivity index (χ4v) is 3.29. The largest absolute Gasteiger partial charge is 0.331 e. The summed E-state index contributed by atoms with van der Waals surface area (Å²) in [6.45, 7) is 3.82.